The Kier molecular flexibility index (Phi) is 4.75. The lowest BCUT2D eigenvalue weighted by Gasteiger charge is -2.09. The lowest BCUT2D eigenvalue weighted by molar-refractivity contribution is 0.0985. The van der Waals surface area contributed by atoms with Crippen LogP contribution in [0.1, 0.15) is 23.7 Å². The monoisotopic (exact) mass is 274 g/mol. The third kappa shape index (κ3) is 3.02. The maximum atomic E-state index is 13.3. The van der Waals surface area contributed by atoms with Crippen molar-refractivity contribution in [2.45, 2.75) is 13.3 Å². The number of carbonyl (C=O) groups excluding carboxylic acids is 1. The Labute approximate surface area is 96.6 Å². The summed E-state index contributed by atoms with van der Waals surface area (Å²) in [7, 11) is 0. The summed E-state index contributed by atoms with van der Waals surface area (Å²) in [4.78, 5) is 11.6. The quantitative estimate of drug-likeness (QED) is 0.609. The van der Waals surface area contributed by atoms with Crippen molar-refractivity contribution in [3.63, 3.8) is 0 Å². The lowest BCUT2D eigenvalue weighted by atomic mass is 10.1. The SMILES string of the molecule is CCOc1c(F)cccc1C(=O)CCBr. The molecule has 0 aliphatic heterocycles. The molecule has 0 radical (unpaired) electrons. The van der Waals surface area contributed by atoms with Crippen LogP contribution in [0.4, 0.5) is 4.39 Å². The molecule has 1 aromatic carbocycles. The molecule has 0 saturated heterocycles. The molecular formula is C11H12BrFO2. The number of alkyl halides is 1. The van der Waals surface area contributed by atoms with Crippen LogP contribution in [0.15, 0.2) is 18.2 Å². The molecule has 0 unspecified atom stereocenters. The number of carbonyl (C=O) groups is 1. The van der Waals surface area contributed by atoms with Gasteiger partial charge in [0, 0.05) is 11.8 Å². The predicted molar refractivity (Wildman–Crippen MR) is 60.3 cm³/mol. The molecule has 0 saturated carbocycles. The molecule has 82 valence electrons. The fourth-order valence-corrected chi connectivity index (χ4v) is 1.60. The normalized spacial score (nSPS) is 10.1. The van der Waals surface area contributed by atoms with Crippen molar-refractivity contribution in [3.8, 4) is 5.75 Å². The molecule has 0 aromatic heterocycles. The van der Waals surface area contributed by atoms with Gasteiger partial charge in [-0.3, -0.25) is 4.79 Å². The van der Waals surface area contributed by atoms with Gasteiger partial charge in [0.2, 0.25) is 0 Å². The molecule has 0 aliphatic rings. The van der Waals surface area contributed by atoms with Gasteiger partial charge in [-0.15, -0.1) is 0 Å². The number of hydrogen-bond donors (Lipinski definition) is 0. The molecule has 0 fully saturated rings. The van der Waals surface area contributed by atoms with Gasteiger partial charge >= 0.3 is 0 Å². The van der Waals surface area contributed by atoms with E-state index in [1.807, 2.05) is 0 Å². The zero-order valence-corrected chi connectivity index (χ0v) is 10.0. The highest BCUT2D eigenvalue weighted by Crippen LogP contribution is 2.24. The molecule has 0 bridgehead atoms. The number of halogens is 2. The predicted octanol–water partition coefficient (Wildman–Crippen LogP) is 3.19. The fraction of sp³-hybridized carbons (Fsp3) is 0.364. The second kappa shape index (κ2) is 5.85. The highest BCUT2D eigenvalue weighted by Gasteiger charge is 2.15. The Bertz CT molecular complexity index is 352. The van der Waals surface area contributed by atoms with Crippen molar-refractivity contribution in [1.29, 1.82) is 0 Å². The minimum Gasteiger partial charge on any atom is -0.490 e. The van der Waals surface area contributed by atoms with E-state index in [0.29, 0.717) is 23.9 Å². The highest BCUT2D eigenvalue weighted by atomic mass is 79.9. The number of Topliss-reactive ketones (excluding diaryl/α,β-unsaturated/α-hetero) is 1. The molecule has 0 atom stereocenters. The zero-order chi connectivity index (χ0) is 11.3. The molecule has 15 heavy (non-hydrogen) atoms. The van der Waals surface area contributed by atoms with E-state index in [4.69, 9.17) is 4.74 Å². The Morgan fingerprint density at radius 3 is 2.87 bits per heavy atom. The van der Waals surface area contributed by atoms with Crippen LogP contribution in [0.3, 0.4) is 0 Å². The van der Waals surface area contributed by atoms with Crippen LogP contribution in [0.5, 0.6) is 5.75 Å². The van der Waals surface area contributed by atoms with Gasteiger partial charge < -0.3 is 4.74 Å². The van der Waals surface area contributed by atoms with Gasteiger partial charge in [0.25, 0.3) is 0 Å². The van der Waals surface area contributed by atoms with E-state index < -0.39 is 5.82 Å². The summed E-state index contributed by atoms with van der Waals surface area (Å²) >= 11 is 3.17. The molecule has 0 aliphatic carbocycles. The number of benzene rings is 1. The Balaban J connectivity index is 3.04. The van der Waals surface area contributed by atoms with Gasteiger partial charge in [0.15, 0.2) is 17.3 Å². The van der Waals surface area contributed by atoms with E-state index in [0.717, 1.165) is 0 Å². The van der Waals surface area contributed by atoms with Gasteiger partial charge in [0.1, 0.15) is 0 Å². The van der Waals surface area contributed by atoms with Crippen LogP contribution in [0.2, 0.25) is 0 Å². The smallest absolute Gasteiger partial charge is 0.167 e. The van der Waals surface area contributed by atoms with Crippen molar-refractivity contribution >= 4 is 21.7 Å². The van der Waals surface area contributed by atoms with E-state index >= 15 is 0 Å². The van der Waals surface area contributed by atoms with E-state index in [2.05, 4.69) is 15.9 Å². The number of ketones is 1. The average molecular weight is 275 g/mol. The van der Waals surface area contributed by atoms with E-state index in [9.17, 15) is 9.18 Å². The van der Waals surface area contributed by atoms with Gasteiger partial charge in [-0.05, 0) is 19.1 Å². The van der Waals surface area contributed by atoms with Gasteiger partial charge in [-0.2, -0.15) is 0 Å². The maximum absolute atomic E-state index is 13.3. The Morgan fingerprint density at radius 2 is 2.27 bits per heavy atom. The van der Waals surface area contributed by atoms with E-state index in [1.165, 1.54) is 12.1 Å². The summed E-state index contributed by atoms with van der Waals surface area (Å²) in [6.45, 7) is 2.10. The second-order valence-electron chi connectivity index (χ2n) is 2.91. The van der Waals surface area contributed by atoms with Crippen LogP contribution >= 0.6 is 15.9 Å². The molecular weight excluding hydrogens is 263 g/mol. The molecule has 2 nitrogen and oxygen atoms in total. The number of para-hydroxylation sites is 1. The second-order valence-corrected chi connectivity index (χ2v) is 3.70. The van der Waals surface area contributed by atoms with Crippen LogP contribution in [0.25, 0.3) is 0 Å². The topological polar surface area (TPSA) is 26.3 Å². The summed E-state index contributed by atoms with van der Waals surface area (Å²) in [5, 5.41) is 0.563. The third-order valence-electron chi connectivity index (χ3n) is 1.88. The van der Waals surface area contributed by atoms with Gasteiger partial charge in [-0.1, -0.05) is 22.0 Å². The minimum absolute atomic E-state index is 0.0611. The number of ether oxygens (including phenoxy) is 1. The lowest BCUT2D eigenvalue weighted by Crippen LogP contribution is -2.06. The van der Waals surface area contributed by atoms with Crippen LogP contribution in [-0.4, -0.2) is 17.7 Å². The molecule has 4 heteroatoms. The summed E-state index contributed by atoms with van der Waals surface area (Å²) in [6.07, 6.45) is 0.337. The first-order valence-electron chi connectivity index (χ1n) is 4.71. The van der Waals surface area contributed by atoms with Crippen molar-refractivity contribution in [2.24, 2.45) is 0 Å². The minimum atomic E-state index is -0.489. The van der Waals surface area contributed by atoms with E-state index in [1.54, 1.807) is 13.0 Å². The van der Waals surface area contributed by atoms with Crippen LogP contribution in [0, 0.1) is 5.82 Å². The number of rotatable bonds is 5. The summed E-state index contributed by atoms with van der Waals surface area (Å²) in [5.41, 5.74) is 0.316. The van der Waals surface area contributed by atoms with E-state index in [-0.39, 0.29) is 11.5 Å². The molecule has 0 heterocycles. The molecule has 0 amide bonds. The molecule has 0 spiro atoms. The molecule has 1 rings (SSSR count). The summed E-state index contributed by atoms with van der Waals surface area (Å²) < 4.78 is 18.5. The molecule has 0 N–H and O–H groups in total. The Hall–Kier alpha value is -0.900. The summed E-state index contributed by atoms with van der Waals surface area (Å²) in [5.74, 6) is -0.543. The number of hydrogen-bond acceptors (Lipinski definition) is 2. The van der Waals surface area contributed by atoms with Crippen molar-refractivity contribution in [3.05, 3.63) is 29.6 Å². The fourth-order valence-electron chi connectivity index (χ4n) is 1.24. The van der Waals surface area contributed by atoms with Crippen LogP contribution in [-0.2, 0) is 0 Å². The Morgan fingerprint density at radius 1 is 1.53 bits per heavy atom. The maximum Gasteiger partial charge on any atom is 0.167 e. The summed E-state index contributed by atoms with van der Waals surface area (Å²) in [6, 6.07) is 4.38. The first-order chi connectivity index (χ1) is 7.20. The first-order valence-corrected chi connectivity index (χ1v) is 5.83. The van der Waals surface area contributed by atoms with Crippen molar-refractivity contribution in [2.75, 3.05) is 11.9 Å². The zero-order valence-electron chi connectivity index (χ0n) is 8.43. The standard InChI is InChI=1S/C11H12BrFO2/c1-2-15-11-8(10(14)6-7-12)4-3-5-9(11)13/h3-5H,2,6-7H2,1H3. The van der Waals surface area contributed by atoms with Gasteiger partial charge in [0.05, 0.1) is 12.2 Å². The van der Waals surface area contributed by atoms with Crippen LogP contribution < -0.4 is 4.74 Å². The third-order valence-corrected chi connectivity index (χ3v) is 2.27. The van der Waals surface area contributed by atoms with Crippen molar-refractivity contribution < 1.29 is 13.9 Å². The first kappa shape index (κ1) is 12.2. The average Bonchev–Trinajstić information content (AvgIpc) is 2.21. The molecule has 1 aromatic rings. The van der Waals surface area contributed by atoms with Gasteiger partial charge in [-0.25, -0.2) is 4.39 Å². The van der Waals surface area contributed by atoms with Crippen molar-refractivity contribution in [1.82, 2.24) is 0 Å². The highest BCUT2D eigenvalue weighted by molar-refractivity contribution is 9.09. The largest absolute Gasteiger partial charge is 0.490 e.